The topological polar surface area (TPSA) is 32.3 Å². The number of hydrogen-bond acceptors (Lipinski definition) is 2. The monoisotopic (exact) mass is 260 g/mol. The van der Waals surface area contributed by atoms with E-state index in [-0.39, 0.29) is 11.3 Å². The van der Waals surface area contributed by atoms with Gasteiger partial charge in [-0.2, -0.15) is 0 Å². The number of aryl methyl sites for hydroxylation is 1. The molecule has 1 aliphatic rings. The second-order valence-electron chi connectivity index (χ2n) is 5.64. The molecule has 0 aliphatic heterocycles. The van der Waals surface area contributed by atoms with Gasteiger partial charge >= 0.3 is 0 Å². The number of carbonyl (C=O) groups excluding carboxylic acids is 1. The van der Waals surface area contributed by atoms with Gasteiger partial charge in [0.2, 0.25) is 5.91 Å². The predicted octanol–water partition coefficient (Wildman–Crippen LogP) is 2.21. The van der Waals surface area contributed by atoms with Crippen molar-refractivity contribution in [2.45, 2.75) is 32.7 Å². The molecule has 1 fully saturated rings. The highest BCUT2D eigenvalue weighted by Gasteiger charge is 2.50. The highest BCUT2D eigenvalue weighted by molar-refractivity contribution is 5.85. The molecule has 1 aromatic rings. The Bertz CT molecular complexity index is 435. The fourth-order valence-electron chi connectivity index (χ4n) is 2.59. The normalized spacial score (nSPS) is 16.2. The Hall–Kier alpha value is -1.35. The van der Waals surface area contributed by atoms with E-state index in [4.69, 9.17) is 0 Å². The maximum atomic E-state index is 12.4. The standard InChI is InChI=1S/C16H24N2O/c1-4-13-5-7-14(8-6-13)11-18(3)15(19)16(9-10-16)12-17-2/h5-8,17H,4,9-12H2,1-3H3. The van der Waals surface area contributed by atoms with Crippen molar-refractivity contribution in [1.82, 2.24) is 10.2 Å². The molecule has 1 aliphatic carbocycles. The Morgan fingerprint density at radius 3 is 2.32 bits per heavy atom. The van der Waals surface area contributed by atoms with Gasteiger partial charge in [0.15, 0.2) is 0 Å². The molecule has 1 amide bonds. The van der Waals surface area contributed by atoms with Gasteiger partial charge in [0.1, 0.15) is 0 Å². The van der Waals surface area contributed by atoms with Crippen LogP contribution in [0.25, 0.3) is 0 Å². The molecule has 3 heteroatoms. The molecule has 1 saturated carbocycles. The van der Waals surface area contributed by atoms with Crippen molar-refractivity contribution in [3.8, 4) is 0 Å². The van der Waals surface area contributed by atoms with Crippen LogP contribution in [0.5, 0.6) is 0 Å². The lowest BCUT2D eigenvalue weighted by molar-refractivity contribution is -0.136. The molecule has 1 aromatic carbocycles. The van der Waals surface area contributed by atoms with E-state index in [0.29, 0.717) is 6.54 Å². The third-order valence-corrected chi connectivity index (χ3v) is 4.02. The summed E-state index contributed by atoms with van der Waals surface area (Å²) in [4.78, 5) is 14.3. The molecule has 0 unspecified atom stereocenters. The first kappa shape index (κ1) is 14.1. The Labute approximate surface area is 116 Å². The highest BCUT2D eigenvalue weighted by Crippen LogP contribution is 2.46. The molecule has 0 saturated heterocycles. The SMILES string of the molecule is CCc1ccc(CN(C)C(=O)C2(CNC)CC2)cc1. The van der Waals surface area contributed by atoms with E-state index in [0.717, 1.165) is 25.8 Å². The minimum Gasteiger partial charge on any atom is -0.341 e. The van der Waals surface area contributed by atoms with Crippen molar-refractivity contribution in [2.75, 3.05) is 20.6 Å². The minimum atomic E-state index is -0.118. The third kappa shape index (κ3) is 3.16. The summed E-state index contributed by atoms with van der Waals surface area (Å²) in [6.45, 7) is 3.65. The minimum absolute atomic E-state index is 0.118. The van der Waals surface area contributed by atoms with E-state index in [1.165, 1.54) is 11.1 Å². The van der Waals surface area contributed by atoms with Gasteiger partial charge in [0.05, 0.1) is 5.41 Å². The fourth-order valence-corrected chi connectivity index (χ4v) is 2.59. The number of hydrogen-bond donors (Lipinski definition) is 1. The van der Waals surface area contributed by atoms with E-state index in [1.54, 1.807) is 0 Å². The summed E-state index contributed by atoms with van der Waals surface area (Å²) in [5.41, 5.74) is 2.42. The molecule has 0 heterocycles. The van der Waals surface area contributed by atoms with Gasteiger partial charge in [-0.05, 0) is 37.4 Å². The van der Waals surface area contributed by atoms with Gasteiger partial charge in [-0.25, -0.2) is 0 Å². The van der Waals surface area contributed by atoms with Crippen LogP contribution in [0.3, 0.4) is 0 Å². The average molecular weight is 260 g/mol. The van der Waals surface area contributed by atoms with Crippen LogP contribution in [0.2, 0.25) is 0 Å². The molecule has 3 nitrogen and oxygen atoms in total. The van der Waals surface area contributed by atoms with E-state index in [1.807, 2.05) is 19.0 Å². The maximum absolute atomic E-state index is 12.4. The summed E-state index contributed by atoms with van der Waals surface area (Å²) in [6.07, 6.45) is 3.10. The molecule has 0 radical (unpaired) electrons. The van der Waals surface area contributed by atoms with Crippen LogP contribution in [0.15, 0.2) is 24.3 Å². The zero-order valence-electron chi connectivity index (χ0n) is 12.2. The molecule has 2 rings (SSSR count). The molecule has 0 aromatic heterocycles. The molecule has 0 atom stereocenters. The van der Waals surface area contributed by atoms with Crippen molar-refractivity contribution >= 4 is 5.91 Å². The lowest BCUT2D eigenvalue weighted by atomic mass is 10.0. The molecule has 19 heavy (non-hydrogen) atoms. The zero-order valence-corrected chi connectivity index (χ0v) is 12.2. The van der Waals surface area contributed by atoms with Crippen molar-refractivity contribution in [2.24, 2.45) is 5.41 Å². The molecule has 1 N–H and O–H groups in total. The number of rotatable bonds is 6. The first-order valence-corrected chi connectivity index (χ1v) is 7.09. The van der Waals surface area contributed by atoms with E-state index >= 15 is 0 Å². The summed E-state index contributed by atoms with van der Waals surface area (Å²) in [5.74, 6) is 0.279. The van der Waals surface area contributed by atoms with Crippen LogP contribution in [-0.4, -0.2) is 31.4 Å². The Morgan fingerprint density at radius 1 is 1.26 bits per heavy atom. The lowest BCUT2D eigenvalue weighted by Gasteiger charge is -2.23. The summed E-state index contributed by atoms with van der Waals surface area (Å²) < 4.78 is 0. The molecule has 0 bridgehead atoms. The quantitative estimate of drug-likeness (QED) is 0.850. The second kappa shape index (κ2) is 5.74. The number of carbonyl (C=O) groups is 1. The summed E-state index contributed by atoms with van der Waals surface area (Å²) in [6, 6.07) is 8.54. The predicted molar refractivity (Wildman–Crippen MR) is 77.9 cm³/mol. The van der Waals surface area contributed by atoms with Crippen LogP contribution < -0.4 is 5.32 Å². The number of nitrogens with one attached hydrogen (secondary N) is 1. The van der Waals surface area contributed by atoms with Crippen LogP contribution in [0, 0.1) is 5.41 Å². The first-order chi connectivity index (χ1) is 9.11. The second-order valence-corrected chi connectivity index (χ2v) is 5.64. The zero-order chi connectivity index (χ0) is 13.9. The fraction of sp³-hybridized carbons (Fsp3) is 0.562. The van der Waals surface area contributed by atoms with Gasteiger partial charge in [0, 0.05) is 20.1 Å². The van der Waals surface area contributed by atoms with Crippen molar-refractivity contribution in [3.05, 3.63) is 35.4 Å². The van der Waals surface area contributed by atoms with Gasteiger partial charge < -0.3 is 10.2 Å². The summed E-state index contributed by atoms with van der Waals surface area (Å²) >= 11 is 0. The van der Waals surface area contributed by atoms with E-state index in [2.05, 4.69) is 36.5 Å². The number of amides is 1. The molecular weight excluding hydrogens is 236 g/mol. The van der Waals surface area contributed by atoms with Gasteiger partial charge in [-0.1, -0.05) is 31.2 Å². The number of nitrogens with zero attached hydrogens (tertiary/aromatic N) is 1. The van der Waals surface area contributed by atoms with Crippen LogP contribution >= 0.6 is 0 Å². The maximum Gasteiger partial charge on any atom is 0.230 e. The van der Waals surface area contributed by atoms with Crippen molar-refractivity contribution in [3.63, 3.8) is 0 Å². The molecule has 0 spiro atoms. The number of benzene rings is 1. The van der Waals surface area contributed by atoms with Gasteiger partial charge in [-0.15, -0.1) is 0 Å². The van der Waals surface area contributed by atoms with Crippen LogP contribution in [0.4, 0.5) is 0 Å². The van der Waals surface area contributed by atoms with Gasteiger partial charge in [-0.3, -0.25) is 4.79 Å². The largest absolute Gasteiger partial charge is 0.341 e. The summed E-state index contributed by atoms with van der Waals surface area (Å²) in [5, 5.41) is 3.14. The van der Waals surface area contributed by atoms with Gasteiger partial charge in [0.25, 0.3) is 0 Å². The van der Waals surface area contributed by atoms with Crippen LogP contribution in [0.1, 0.15) is 30.9 Å². The van der Waals surface area contributed by atoms with Crippen LogP contribution in [-0.2, 0) is 17.8 Å². The molecular formula is C16H24N2O. The Balaban J connectivity index is 1.96. The Kier molecular flexibility index (Phi) is 4.25. The smallest absolute Gasteiger partial charge is 0.230 e. The average Bonchev–Trinajstić information content (AvgIpc) is 3.20. The first-order valence-electron chi connectivity index (χ1n) is 7.09. The lowest BCUT2D eigenvalue weighted by Crippen LogP contribution is -2.38. The Morgan fingerprint density at radius 2 is 1.84 bits per heavy atom. The highest BCUT2D eigenvalue weighted by atomic mass is 16.2. The summed E-state index contributed by atoms with van der Waals surface area (Å²) in [7, 11) is 3.82. The van der Waals surface area contributed by atoms with E-state index < -0.39 is 0 Å². The van der Waals surface area contributed by atoms with Crippen molar-refractivity contribution < 1.29 is 4.79 Å². The van der Waals surface area contributed by atoms with E-state index in [9.17, 15) is 4.79 Å². The van der Waals surface area contributed by atoms with Crippen molar-refractivity contribution in [1.29, 1.82) is 0 Å². The third-order valence-electron chi connectivity index (χ3n) is 4.02. The molecule has 104 valence electrons.